The molecule has 0 saturated carbocycles. The minimum absolute atomic E-state index is 0.0851. The van der Waals surface area contributed by atoms with Gasteiger partial charge in [0.25, 0.3) is 0 Å². The topological polar surface area (TPSA) is 52.6 Å². The van der Waals surface area contributed by atoms with E-state index in [1.165, 1.54) is 7.11 Å². The SMILES string of the molecule is COC(=O)c1cc(COC=O)ccc1CP(Br)(c1ccccc1)(c1ccccc1)c1ccccc1. The third-order valence-electron chi connectivity index (χ3n) is 6.25. The maximum atomic E-state index is 12.9. The number of halogens is 1. The van der Waals surface area contributed by atoms with Gasteiger partial charge in [0.15, 0.2) is 0 Å². The van der Waals surface area contributed by atoms with Gasteiger partial charge in [0.05, 0.1) is 0 Å². The molecule has 0 unspecified atom stereocenters. The van der Waals surface area contributed by atoms with Gasteiger partial charge in [-0.1, -0.05) is 0 Å². The number of esters is 1. The molecule has 0 atom stereocenters. The predicted octanol–water partition coefficient (Wildman–Crippen LogP) is 5.49. The first-order chi connectivity index (χ1) is 17.0. The van der Waals surface area contributed by atoms with Crippen molar-refractivity contribution in [3.8, 4) is 0 Å². The summed E-state index contributed by atoms with van der Waals surface area (Å²) in [5, 5.41) is 0.156. The van der Waals surface area contributed by atoms with E-state index in [9.17, 15) is 9.59 Å². The normalized spacial score (nSPS) is 12.2. The quantitative estimate of drug-likeness (QED) is 0.158. The molecule has 0 bridgehead atoms. The van der Waals surface area contributed by atoms with Crippen LogP contribution in [0.25, 0.3) is 0 Å². The van der Waals surface area contributed by atoms with Crippen molar-refractivity contribution in [1.29, 1.82) is 0 Å². The molecular formula is C29H26BrO4P. The van der Waals surface area contributed by atoms with Gasteiger partial charge in [-0.15, -0.1) is 0 Å². The Morgan fingerprint density at radius 3 is 1.71 bits per heavy atom. The average Bonchev–Trinajstić information content (AvgIpc) is 2.93. The molecule has 0 N–H and O–H groups in total. The number of methoxy groups -OCH3 is 1. The van der Waals surface area contributed by atoms with E-state index in [1.807, 2.05) is 66.7 Å². The Kier molecular flexibility index (Phi) is 7.49. The molecule has 0 aliphatic heterocycles. The fourth-order valence-electron chi connectivity index (χ4n) is 4.54. The number of carbonyl (C=O) groups is 2. The van der Waals surface area contributed by atoms with Gasteiger partial charge in [0.2, 0.25) is 0 Å². The van der Waals surface area contributed by atoms with E-state index in [0.717, 1.165) is 27.0 Å². The van der Waals surface area contributed by atoms with Gasteiger partial charge in [0, 0.05) is 0 Å². The van der Waals surface area contributed by atoms with Crippen molar-refractivity contribution >= 4 is 49.2 Å². The molecule has 35 heavy (non-hydrogen) atoms. The van der Waals surface area contributed by atoms with Crippen LogP contribution in [-0.2, 0) is 27.0 Å². The van der Waals surface area contributed by atoms with Gasteiger partial charge >= 0.3 is 214 Å². The van der Waals surface area contributed by atoms with Crippen LogP contribution in [0.5, 0.6) is 0 Å². The first-order valence-corrected chi connectivity index (χ1v) is 15.6. The van der Waals surface area contributed by atoms with Crippen molar-refractivity contribution in [3.05, 3.63) is 126 Å². The van der Waals surface area contributed by atoms with Gasteiger partial charge in [-0.3, -0.25) is 0 Å². The fraction of sp³-hybridized carbons (Fsp3) is 0.103. The summed E-state index contributed by atoms with van der Waals surface area (Å²) in [7, 11) is 1.38. The zero-order valence-corrected chi connectivity index (χ0v) is 21.8. The van der Waals surface area contributed by atoms with Gasteiger partial charge in [0.1, 0.15) is 0 Å². The monoisotopic (exact) mass is 548 g/mol. The standard InChI is InChI=1S/C29H26BrO4P/c1-33-29(32)28-19-23(20-34-22-31)17-18-24(28)21-35(30,25-11-5-2-6-12-25,26-13-7-3-8-14-26)27-15-9-4-10-16-27/h2-19,22H,20-21H2,1H3. The molecule has 4 aromatic rings. The molecule has 6 heteroatoms. The average molecular weight is 549 g/mol. The van der Waals surface area contributed by atoms with Gasteiger partial charge < -0.3 is 0 Å². The Labute approximate surface area is 213 Å². The zero-order valence-electron chi connectivity index (χ0n) is 19.3. The second-order valence-electron chi connectivity index (χ2n) is 8.24. The van der Waals surface area contributed by atoms with Crippen molar-refractivity contribution in [1.82, 2.24) is 0 Å². The Morgan fingerprint density at radius 1 is 0.800 bits per heavy atom. The maximum absolute atomic E-state index is 12.9. The number of ether oxygens (including phenoxy) is 2. The predicted molar refractivity (Wildman–Crippen MR) is 146 cm³/mol. The summed E-state index contributed by atoms with van der Waals surface area (Å²) in [6.07, 6.45) is 0.545. The molecular weight excluding hydrogens is 523 g/mol. The van der Waals surface area contributed by atoms with Crippen LogP contribution in [0.1, 0.15) is 21.5 Å². The molecule has 4 rings (SSSR count). The zero-order chi connectivity index (χ0) is 24.8. The second-order valence-corrected chi connectivity index (χ2v) is 17.2. The van der Waals surface area contributed by atoms with Crippen LogP contribution in [0, 0.1) is 0 Å². The van der Waals surface area contributed by atoms with E-state index >= 15 is 0 Å². The molecule has 4 nitrogen and oxygen atoms in total. The second kappa shape index (κ2) is 10.6. The van der Waals surface area contributed by atoms with E-state index in [1.54, 1.807) is 6.07 Å². The molecule has 0 saturated heterocycles. The van der Waals surface area contributed by atoms with Crippen molar-refractivity contribution in [3.63, 3.8) is 0 Å². The summed E-state index contributed by atoms with van der Waals surface area (Å²) < 4.78 is 10.1. The van der Waals surface area contributed by atoms with E-state index < -0.39 is 11.3 Å². The van der Waals surface area contributed by atoms with Crippen LogP contribution < -0.4 is 15.9 Å². The van der Waals surface area contributed by atoms with E-state index in [0.29, 0.717) is 18.2 Å². The van der Waals surface area contributed by atoms with E-state index in [4.69, 9.17) is 9.47 Å². The van der Waals surface area contributed by atoms with Gasteiger partial charge in [-0.05, 0) is 0 Å². The van der Waals surface area contributed by atoms with Crippen molar-refractivity contribution in [2.45, 2.75) is 12.8 Å². The number of hydrogen-bond donors (Lipinski definition) is 0. The summed E-state index contributed by atoms with van der Waals surface area (Å²) in [6, 6.07) is 36.8. The first-order valence-electron chi connectivity index (χ1n) is 11.2. The number of benzene rings is 4. The summed E-state index contributed by atoms with van der Waals surface area (Å²) in [6.45, 7) is 0.485. The van der Waals surface area contributed by atoms with Crippen molar-refractivity contribution in [2.24, 2.45) is 0 Å². The number of rotatable bonds is 9. The first kappa shape index (κ1) is 24.8. The fourth-order valence-corrected chi connectivity index (χ4v) is 12.2. The van der Waals surface area contributed by atoms with Crippen molar-refractivity contribution < 1.29 is 19.1 Å². The summed E-state index contributed by atoms with van der Waals surface area (Å²) in [4.78, 5) is 23.6. The van der Waals surface area contributed by atoms with Crippen LogP contribution in [0.3, 0.4) is 0 Å². The van der Waals surface area contributed by atoms with Gasteiger partial charge in [-0.2, -0.15) is 0 Å². The Balaban J connectivity index is 2.03. The Bertz CT molecular complexity index is 1210. The van der Waals surface area contributed by atoms with Gasteiger partial charge in [-0.25, -0.2) is 0 Å². The Hall–Kier alpha value is -3.27. The molecule has 0 heterocycles. The summed E-state index contributed by atoms with van der Waals surface area (Å²) in [5.74, 6) is -0.431. The van der Waals surface area contributed by atoms with E-state index in [-0.39, 0.29) is 6.61 Å². The molecule has 0 aliphatic rings. The molecule has 4 aromatic carbocycles. The van der Waals surface area contributed by atoms with Crippen LogP contribution in [0.15, 0.2) is 109 Å². The molecule has 0 fully saturated rings. The molecule has 178 valence electrons. The van der Waals surface area contributed by atoms with Crippen molar-refractivity contribution in [2.75, 3.05) is 7.11 Å². The molecule has 0 radical (unpaired) electrons. The third-order valence-corrected chi connectivity index (χ3v) is 15.7. The molecule has 0 aromatic heterocycles. The van der Waals surface area contributed by atoms with Crippen LogP contribution in [-0.4, -0.2) is 19.6 Å². The van der Waals surface area contributed by atoms with Crippen LogP contribution in [0.4, 0.5) is 0 Å². The third kappa shape index (κ3) is 4.67. The number of carbonyl (C=O) groups excluding carboxylic acids is 2. The van der Waals surface area contributed by atoms with Crippen LogP contribution >= 0.6 is 20.8 Å². The number of hydrogen-bond acceptors (Lipinski definition) is 4. The van der Waals surface area contributed by atoms with E-state index in [2.05, 4.69) is 51.9 Å². The summed E-state index contributed by atoms with van der Waals surface area (Å²) in [5.41, 5.74) is 2.02. The summed E-state index contributed by atoms with van der Waals surface area (Å²) >= 11 is 4.43. The molecule has 0 amide bonds. The minimum atomic E-state index is -3.30. The Morgan fingerprint density at radius 2 is 1.29 bits per heavy atom. The molecule has 0 aliphatic carbocycles. The van der Waals surface area contributed by atoms with Crippen LogP contribution in [0.2, 0.25) is 0 Å². The molecule has 0 spiro atoms.